The number of hydrogen-bond donors (Lipinski definition) is 1. The van der Waals surface area contributed by atoms with E-state index >= 15 is 0 Å². The lowest BCUT2D eigenvalue weighted by Crippen LogP contribution is -2.51. The Morgan fingerprint density at radius 1 is 1.20 bits per heavy atom. The second kappa shape index (κ2) is 7.02. The van der Waals surface area contributed by atoms with E-state index in [1.165, 1.54) is 7.11 Å². The number of ether oxygens (including phenoxy) is 1. The van der Waals surface area contributed by atoms with Crippen molar-refractivity contribution in [3.63, 3.8) is 0 Å². The predicted molar refractivity (Wildman–Crippen MR) is 107 cm³/mol. The Balaban J connectivity index is 1.96. The molecule has 0 radical (unpaired) electrons. The Kier molecular flexibility index (Phi) is 4.61. The van der Waals surface area contributed by atoms with Gasteiger partial charge in [-0.05, 0) is 43.2 Å². The molecular weight excluding hydrogens is 378 g/mol. The van der Waals surface area contributed by atoms with Crippen LogP contribution in [-0.2, 0) is 4.74 Å². The first kappa shape index (κ1) is 19.7. The van der Waals surface area contributed by atoms with Crippen molar-refractivity contribution in [1.82, 2.24) is 4.90 Å². The Labute approximate surface area is 175 Å². The van der Waals surface area contributed by atoms with Crippen LogP contribution in [0.2, 0.25) is 0 Å². The van der Waals surface area contributed by atoms with Gasteiger partial charge in [0.1, 0.15) is 6.07 Å². The van der Waals surface area contributed by atoms with E-state index in [9.17, 15) is 20.6 Å². The molecule has 2 aliphatic heterocycles. The fraction of sp³-hybridized carbons (Fsp3) is 0.391. The largest absolute Gasteiger partial charge is 0.465 e. The number of hydrogen-bond acceptors (Lipinski definition) is 7. The summed E-state index contributed by atoms with van der Waals surface area (Å²) in [4.78, 5) is 14.1. The Morgan fingerprint density at radius 2 is 1.87 bits per heavy atom. The van der Waals surface area contributed by atoms with Crippen LogP contribution in [0.15, 0.2) is 47.2 Å². The third-order valence-corrected chi connectivity index (χ3v) is 6.91. The molecule has 1 aliphatic carbocycles. The zero-order valence-corrected chi connectivity index (χ0v) is 16.8. The molecule has 2 heterocycles. The van der Waals surface area contributed by atoms with Crippen LogP contribution in [0.4, 0.5) is 0 Å². The Hall–Kier alpha value is -3.60. The number of nitriles is 3. The molecule has 0 aromatic heterocycles. The van der Waals surface area contributed by atoms with Crippen LogP contribution in [-0.4, -0.2) is 37.1 Å². The number of nitrogens with zero attached hydrogens (tertiary/aromatic N) is 4. The Bertz CT molecular complexity index is 1080. The molecule has 0 unspecified atom stereocenters. The van der Waals surface area contributed by atoms with Crippen molar-refractivity contribution in [3.8, 4) is 18.2 Å². The summed E-state index contributed by atoms with van der Waals surface area (Å²) in [5, 5.41) is 30.2. The van der Waals surface area contributed by atoms with Crippen LogP contribution < -0.4 is 5.73 Å². The van der Waals surface area contributed by atoms with Crippen molar-refractivity contribution >= 4 is 5.97 Å². The molecule has 7 nitrogen and oxygen atoms in total. The average molecular weight is 399 g/mol. The molecule has 2 N–H and O–H groups in total. The average Bonchev–Trinajstić information content (AvgIpc) is 3.01. The molecular formula is C23H21N5O2. The summed E-state index contributed by atoms with van der Waals surface area (Å²) in [6.07, 6.45) is 3.95. The summed E-state index contributed by atoms with van der Waals surface area (Å²) < 4.78 is 4.77. The van der Waals surface area contributed by atoms with Crippen molar-refractivity contribution in [3.05, 3.63) is 58.3 Å². The van der Waals surface area contributed by atoms with E-state index < -0.39 is 17.3 Å². The maximum absolute atomic E-state index is 11.8. The fourth-order valence-corrected chi connectivity index (χ4v) is 5.41. The number of rotatable bonds is 2. The van der Waals surface area contributed by atoms with Crippen molar-refractivity contribution < 1.29 is 9.53 Å². The molecule has 1 aromatic rings. The van der Waals surface area contributed by atoms with Gasteiger partial charge in [-0.2, -0.15) is 15.8 Å². The standard InChI is InChI=1S/C23H21N5O2/c1-28-15-7-8-18(28)19-16(9-15)17(10-24)21(27)23(11-25,12-26)20(19)13-3-5-14(6-4-13)22(29)30-2/h3-6,9,15,18-20H,7-8,27H2,1-2H3/t15-,18+,19+,20+/m0/s1. The number of benzene rings is 1. The molecule has 3 aliphatic rings. The number of fused-ring (bicyclic) bond motifs is 4. The molecule has 1 fully saturated rings. The van der Waals surface area contributed by atoms with E-state index in [1.54, 1.807) is 24.3 Å². The lowest BCUT2D eigenvalue weighted by Gasteiger charge is -2.48. The van der Waals surface area contributed by atoms with E-state index in [-0.39, 0.29) is 29.3 Å². The van der Waals surface area contributed by atoms with Gasteiger partial charge < -0.3 is 10.5 Å². The zero-order chi connectivity index (χ0) is 21.6. The monoisotopic (exact) mass is 399 g/mol. The zero-order valence-electron chi connectivity index (χ0n) is 16.8. The van der Waals surface area contributed by atoms with Crippen LogP contribution in [0.25, 0.3) is 0 Å². The molecule has 1 aromatic carbocycles. The first-order chi connectivity index (χ1) is 14.4. The lowest BCUT2D eigenvalue weighted by atomic mass is 9.56. The minimum Gasteiger partial charge on any atom is -0.465 e. The second-order valence-corrected chi connectivity index (χ2v) is 8.05. The van der Waals surface area contributed by atoms with Gasteiger partial charge in [-0.15, -0.1) is 0 Å². The van der Waals surface area contributed by atoms with Gasteiger partial charge in [-0.25, -0.2) is 4.79 Å². The summed E-state index contributed by atoms with van der Waals surface area (Å²) in [6.45, 7) is 0. The maximum Gasteiger partial charge on any atom is 0.337 e. The molecule has 4 atom stereocenters. The minimum atomic E-state index is -1.67. The number of methoxy groups -OCH3 is 1. The van der Waals surface area contributed by atoms with Crippen molar-refractivity contribution in [2.24, 2.45) is 17.1 Å². The fourth-order valence-electron chi connectivity index (χ4n) is 5.41. The highest BCUT2D eigenvalue weighted by molar-refractivity contribution is 5.89. The molecule has 0 spiro atoms. The number of carbonyl (C=O) groups excluding carboxylic acids is 1. The van der Waals surface area contributed by atoms with Gasteiger partial charge in [0.25, 0.3) is 0 Å². The molecule has 1 saturated heterocycles. The van der Waals surface area contributed by atoms with Gasteiger partial charge in [-0.1, -0.05) is 18.2 Å². The number of esters is 1. The van der Waals surface area contributed by atoms with E-state index in [2.05, 4.69) is 29.2 Å². The maximum atomic E-state index is 11.8. The summed E-state index contributed by atoms with van der Waals surface area (Å²) in [6, 6.07) is 13.6. The predicted octanol–water partition coefficient (Wildman–Crippen LogP) is 2.36. The highest BCUT2D eigenvalue weighted by Crippen LogP contribution is 2.58. The molecule has 0 amide bonds. The summed E-state index contributed by atoms with van der Waals surface area (Å²) >= 11 is 0. The van der Waals surface area contributed by atoms with Gasteiger partial charge in [0.05, 0.1) is 36.1 Å². The number of likely N-dealkylation sites (N-methyl/N-ethyl adjacent to an activating group) is 1. The van der Waals surface area contributed by atoms with Gasteiger partial charge in [0.2, 0.25) is 0 Å². The van der Waals surface area contributed by atoms with Gasteiger partial charge in [0, 0.05) is 23.9 Å². The SMILES string of the molecule is COC(=O)c1ccc([C@@H]2[C@@H]3C(=C[C@@H]4CC[C@H]3N4C)C(C#N)=C(N)C2(C#N)C#N)cc1. The summed E-state index contributed by atoms with van der Waals surface area (Å²) in [7, 11) is 3.36. The first-order valence-corrected chi connectivity index (χ1v) is 9.78. The van der Waals surface area contributed by atoms with Crippen LogP contribution in [0.1, 0.15) is 34.7 Å². The van der Waals surface area contributed by atoms with E-state index in [4.69, 9.17) is 10.5 Å². The third-order valence-electron chi connectivity index (χ3n) is 6.91. The normalized spacial score (nSPS) is 29.1. The lowest BCUT2D eigenvalue weighted by molar-refractivity contribution is 0.0600. The van der Waals surface area contributed by atoms with Crippen molar-refractivity contribution in [2.75, 3.05) is 14.2 Å². The molecule has 2 bridgehead atoms. The third kappa shape index (κ3) is 2.48. The van der Waals surface area contributed by atoms with Crippen molar-refractivity contribution in [2.45, 2.75) is 30.8 Å². The van der Waals surface area contributed by atoms with Gasteiger partial charge in [0.15, 0.2) is 5.41 Å². The first-order valence-electron chi connectivity index (χ1n) is 9.78. The highest BCUT2D eigenvalue weighted by atomic mass is 16.5. The second-order valence-electron chi connectivity index (χ2n) is 8.05. The molecule has 150 valence electrons. The van der Waals surface area contributed by atoms with Crippen LogP contribution in [0.5, 0.6) is 0 Å². The smallest absolute Gasteiger partial charge is 0.337 e. The van der Waals surface area contributed by atoms with Gasteiger partial charge in [-0.3, -0.25) is 4.90 Å². The Morgan fingerprint density at radius 3 is 2.43 bits per heavy atom. The van der Waals surface area contributed by atoms with Crippen molar-refractivity contribution in [1.29, 1.82) is 15.8 Å². The number of carbonyl (C=O) groups is 1. The number of allylic oxidation sites excluding steroid dienone is 2. The van der Waals surface area contributed by atoms with Gasteiger partial charge >= 0.3 is 5.97 Å². The topological polar surface area (TPSA) is 127 Å². The molecule has 4 rings (SSSR count). The highest BCUT2D eigenvalue weighted by Gasteiger charge is 2.58. The molecule has 0 saturated carbocycles. The quantitative estimate of drug-likeness (QED) is 0.756. The van der Waals surface area contributed by atoms with Crippen LogP contribution >= 0.6 is 0 Å². The minimum absolute atomic E-state index is 0.0171. The van der Waals surface area contributed by atoms with E-state index in [0.717, 1.165) is 24.0 Å². The molecule has 7 heteroatoms. The van der Waals surface area contributed by atoms with E-state index in [1.807, 2.05) is 7.05 Å². The van der Waals surface area contributed by atoms with Crippen LogP contribution in [0.3, 0.4) is 0 Å². The number of nitrogens with two attached hydrogens (primary N) is 1. The molecule has 30 heavy (non-hydrogen) atoms. The van der Waals surface area contributed by atoms with E-state index in [0.29, 0.717) is 5.56 Å². The summed E-state index contributed by atoms with van der Waals surface area (Å²) in [5.74, 6) is -1.24. The summed E-state index contributed by atoms with van der Waals surface area (Å²) in [5.41, 5.74) is 6.92. The van der Waals surface area contributed by atoms with Crippen LogP contribution in [0, 0.1) is 45.3 Å².